The van der Waals surface area contributed by atoms with Gasteiger partial charge in [0.05, 0.1) is 12.2 Å². The normalized spacial score (nSPS) is 10.6. The molecule has 0 atom stereocenters. The number of aromatic nitrogens is 2. The summed E-state index contributed by atoms with van der Waals surface area (Å²) in [4.78, 5) is 17.0. The number of hydrogen-bond donors (Lipinski definition) is 1. The highest BCUT2D eigenvalue weighted by atomic mass is 19.1. The molecule has 2 aromatic heterocycles. The number of aryl methyl sites for hydroxylation is 1. The summed E-state index contributed by atoms with van der Waals surface area (Å²) in [6, 6.07) is 11.8. The number of nitrogens with one attached hydrogen (secondary N) is 1. The van der Waals surface area contributed by atoms with Gasteiger partial charge in [0.15, 0.2) is 11.6 Å². The van der Waals surface area contributed by atoms with E-state index in [1.807, 2.05) is 36.6 Å². The van der Waals surface area contributed by atoms with Gasteiger partial charge in [0.25, 0.3) is 5.91 Å². The van der Waals surface area contributed by atoms with Gasteiger partial charge in [0.2, 0.25) is 0 Å². The van der Waals surface area contributed by atoms with E-state index in [1.165, 1.54) is 12.1 Å². The summed E-state index contributed by atoms with van der Waals surface area (Å²) >= 11 is 0. The number of ether oxygens (including phenoxy) is 1. The lowest BCUT2D eigenvalue weighted by atomic mass is 10.2. The second kappa shape index (κ2) is 7.39. The summed E-state index contributed by atoms with van der Waals surface area (Å²) in [5, 5.41) is 2.73. The van der Waals surface area contributed by atoms with Crippen LogP contribution in [0.3, 0.4) is 0 Å². The molecule has 0 unspecified atom stereocenters. The van der Waals surface area contributed by atoms with Gasteiger partial charge < -0.3 is 14.6 Å². The lowest BCUT2D eigenvalue weighted by molar-refractivity contribution is 0.102. The molecule has 0 bridgehead atoms. The Morgan fingerprint density at radius 1 is 1.23 bits per heavy atom. The predicted octanol–water partition coefficient (Wildman–Crippen LogP) is 4.28. The number of nitrogens with zero attached hydrogens (tertiary/aromatic N) is 2. The number of rotatable bonds is 5. The van der Waals surface area contributed by atoms with Crippen molar-refractivity contribution in [2.45, 2.75) is 20.8 Å². The van der Waals surface area contributed by atoms with Crippen molar-refractivity contribution in [2.75, 3.05) is 11.9 Å². The third kappa shape index (κ3) is 3.44. The van der Waals surface area contributed by atoms with E-state index in [-0.39, 0.29) is 11.7 Å². The number of pyridine rings is 1. The van der Waals surface area contributed by atoms with E-state index >= 15 is 0 Å². The Balaban J connectivity index is 1.86. The van der Waals surface area contributed by atoms with E-state index in [2.05, 4.69) is 10.3 Å². The molecular formula is C20H20FN3O2. The average molecular weight is 353 g/mol. The first-order chi connectivity index (χ1) is 12.5. The minimum Gasteiger partial charge on any atom is -0.491 e. The van der Waals surface area contributed by atoms with Crippen molar-refractivity contribution < 1.29 is 13.9 Å². The Morgan fingerprint density at radius 3 is 2.69 bits per heavy atom. The van der Waals surface area contributed by atoms with Gasteiger partial charge in [-0.05, 0) is 51.1 Å². The van der Waals surface area contributed by atoms with Crippen LogP contribution in [0.5, 0.6) is 5.75 Å². The summed E-state index contributed by atoms with van der Waals surface area (Å²) in [7, 11) is 0. The zero-order valence-corrected chi connectivity index (χ0v) is 14.9. The van der Waals surface area contributed by atoms with Gasteiger partial charge in [-0.25, -0.2) is 9.37 Å². The highest BCUT2D eigenvalue weighted by Crippen LogP contribution is 2.23. The van der Waals surface area contributed by atoms with Crippen LogP contribution in [0.2, 0.25) is 0 Å². The second-order valence-electron chi connectivity index (χ2n) is 5.84. The second-order valence-corrected chi connectivity index (χ2v) is 5.84. The SMILES string of the molecule is CCOc1ccc(NC(=O)c2cc(C)n(-c3ccccn3)c2C)cc1F. The first kappa shape index (κ1) is 17.7. The Morgan fingerprint density at radius 2 is 2.04 bits per heavy atom. The van der Waals surface area contributed by atoms with Gasteiger partial charge in [0, 0.05) is 29.3 Å². The van der Waals surface area contributed by atoms with Crippen LogP contribution in [0, 0.1) is 19.7 Å². The fraction of sp³-hybridized carbons (Fsp3) is 0.200. The zero-order valence-electron chi connectivity index (χ0n) is 14.9. The van der Waals surface area contributed by atoms with Crippen molar-refractivity contribution in [3.8, 4) is 11.6 Å². The minimum absolute atomic E-state index is 0.166. The van der Waals surface area contributed by atoms with E-state index < -0.39 is 5.82 Å². The smallest absolute Gasteiger partial charge is 0.257 e. The molecule has 2 heterocycles. The molecule has 0 aliphatic heterocycles. The van der Waals surface area contributed by atoms with Gasteiger partial charge in [-0.15, -0.1) is 0 Å². The summed E-state index contributed by atoms with van der Waals surface area (Å²) < 4.78 is 21.1. The van der Waals surface area contributed by atoms with Crippen molar-refractivity contribution in [1.82, 2.24) is 9.55 Å². The first-order valence-corrected chi connectivity index (χ1v) is 8.35. The molecule has 1 aromatic carbocycles. The molecular weight excluding hydrogens is 333 g/mol. The van der Waals surface area contributed by atoms with E-state index in [0.717, 1.165) is 17.2 Å². The van der Waals surface area contributed by atoms with Crippen molar-refractivity contribution in [2.24, 2.45) is 0 Å². The van der Waals surface area contributed by atoms with Crippen LogP contribution < -0.4 is 10.1 Å². The van der Waals surface area contributed by atoms with Gasteiger partial charge in [-0.3, -0.25) is 4.79 Å². The lowest BCUT2D eigenvalue weighted by Gasteiger charge is -2.10. The standard InChI is InChI=1S/C20H20FN3O2/c1-4-26-18-9-8-15(12-17(18)21)23-20(25)16-11-13(2)24(14(16)3)19-7-5-6-10-22-19/h5-12H,4H2,1-3H3,(H,23,25). The van der Waals surface area contributed by atoms with E-state index in [0.29, 0.717) is 17.9 Å². The van der Waals surface area contributed by atoms with Crippen molar-refractivity contribution in [3.63, 3.8) is 0 Å². The highest BCUT2D eigenvalue weighted by molar-refractivity contribution is 6.05. The highest BCUT2D eigenvalue weighted by Gasteiger charge is 2.17. The largest absolute Gasteiger partial charge is 0.491 e. The number of carbonyl (C=O) groups excluding carboxylic acids is 1. The lowest BCUT2D eigenvalue weighted by Crippen LogP contribution is -2.13. The van der Waals surface area contributed by atoms with Crippen LogP contribution in [0.4, 0.5) is 10.1 Å². The van der Waals surface area contributed by atoms with E-state index in [9.17, 15) is 9.18 Å². The first-order valence-electron chi connectivity index (χ1n) is 8.35. The molecule has 6 heteroatoms. The fourth-order valence-corrected chi connectivity index (χ4v) is 2.88. The molecule has 5 nitrogen and oxygen atoms in total. The van der Waals surface area contributed by atoms with Crippen LogP contribution in [0.25, 0.3) is 5.82 Å². The Bertz CT molecular complexity index is 936. The summed E-state index contributed by atoms with van der Waals surface area (Å²) in [6.45, 7) is 5.93. The molecule has 0 fully saturated rings. The number of hydrogen-bond acceptors (Lipinski definition) is 3. The minimum atomic E-state index is -0.511. The van der Waals surface area contributed by atoms with Crippen molar-refractivity contribution in [1.29, 1.82) is 0 Å². The number of halogens is 1. The summed E-state index contributed by atoms with van der Waals surface area (Å²) in [5.74, 6) is 0.0972. The Kier molecular flexibility index (Phi) is 5.02. The molecule has 0 saturated carbocycles. The van der Waals surface area contributed by atoms with Crippen LogP contribution in [0.1, 0.15) is 28.7 Å². The van der Waals surface area contributed by atoms with Crippen LogP contribution in [-0.2, 0) is 0 Å². The number of amides is 1. The molecule has 26 heavy (non-hydrogen) atoms. The summed E-state index contributed by atoms with van der Waals surface area (Å²) in [5.41, 5.74) is 2.55. The number of carbonyl (C=O) groups is 1. The van der Waals surface area contributed by atoms with Gasteiger partial charge in [-0.2, -0.15) is 0 Å². The predicted molar refractivity (Wildman–Crippen MR) is 98.6 cm³/mol. The maximum atomic E-state index is 14.0. The van der Waals surface area contributed by atoms with Crippen LogP contribution in [0.15, 0.2) is 48.7 Å². The van der Waals surface area contributed by atoms with E-state index in [4.69, 9.17) is 4.74 Å². The molecule has 3 aromatic rings. The molecule has 1 N–H and O–H groups in total. The quantitative estimate of drug-likeness (QED) is 0.745. The molecule has 134 valence electrons. The maximum absolute atomic E-state index is 14.0. The molecule has 3 rings (SSSR count). The molecule has 0 aliphatic carbocycles. The third-order valence-corrected chi connectivity index (χ3v) is 4.04. The van der Waals surface area contributed by atoms with Crippen molar-refractivity contribution >= 4 is 11.6 Å². The molecule has 0 aliphatic rings. The zero-order chi connectivity index (χ0) is 18.7. The van der Waals surface area contributed by atoms with E-state index in [1.54, 1.807) is 25.3 Å². The Labute approximate surface area is 151 Å². The maximum Gasteiger partial charge on any atom is 0.257 e. The van der Waals surface area contributed by atoms with Crippen molar-refractivity contribution in [3.05, 3.63) is 71.4 Å². The molecule has 1 amide bonds. The average Bonchev–Trinajstić information content (AvgIpc) is 2.93. The summed E-state index contributed by atoms with van der Waals surface area (Å²) in [6.07, 6.45) is 1.71. The number of benzene rings is 1. The Hall–Kier alpha value is -3.15. The third-order valence-electron chi connectivity index (χ3n) is 4.04. The van der Waals surface area contributed by atoms with Crippen LogP contribution in [-0.4, -0.2) is 22.1 Å². The molecule has 0 spiro atoms. The fourth-order valence-electron chi connectivity index (χ4n) is 2.88. The monoisotopic (exact) mass is 353 g/mol. The number of anilines is 1. The molecule has 0 radical (unpaired) electrons. The van der Waals surface area contributed by atoms with Crippen LogP contribution >= 0.6 is 0 Å². The van der Waals surface area contributed by atoms with Gasteiger partial charge >= 0.3 is 0 Å². The van der Waals surface area contributed by atoms with Gasteiger partial charge in [0.1, 0.15) is 5.82 Å². The molecule has 0 saturated heterocycles. The van der Waals surface area contributed by atoms with Gasteiger partial charge in [-0.1, -0.05) is 6.07 Å². The topological polar surface area (TPSA) is 56.1 Å².